The summed E-state index contributed by atoms with van der Waals surface area (Å²) in [5.41, 5.74) is 0.717. The van der Waals surface area contributed by atoms with Gasteiger partial charge in [-0.3, -0.25) is 9.59 Å². The summed E-state index contributed by atoms with van der Waals surface area (Å²) in [7, 11) is 2.76. The second-order valence-electron chi connectivity index (χ2n) is 5.60. The number of pyridine rings is 1. The maximum atomic E-state index is 12.6. The highest BCUT2D eigenvalue weighted by atomic mass is 79.9. The molecule has 0 saturated heterocycles. The maximum Gasteiger partial charge on any atom is 0.354 e. The molecule has 138 valence electrons. The summed E-state index contributed by atoms with van der Waals surface area (Å²) in [5.74, 6) is -0.419. The van der Waals surface area contributed by atoms with E-state index in [-0.39, 0.29) is 17.0 Å². The normalized spacial score (nSPS) is 10.5. The molecule has 1 heterocycles. The number of methoxy groups -OCH3 is 2. The van der Waals surface area contributed by atoms with Crippen LogP contribution in [0, 0.1) is 0 Å². The Kier molecular flexibility index (Phi) is 5.27. The van der Waals surface area contributed by atoms with Crippen LogP contribution in [-0.2, 0) is 4.74 Å². The van der Waals surface area contributed by atoms with E-state index in [0.717, 1.165) is 6.07 Å². The molecule has 0 bridgehead atoms. The fourth-order valence-electron chi connectivity index (χ4n) is 2.57. The van der Waals surface area contributed by atoms with E-state index in [0.29, 0.717) is 32.4 Å². The second kappa shape index (κ2) is 7.63. The SMILES string of the molecule is COC(=O)c1cc(=O)c2cc(Br)cc(NC(=O)c3ccc(OC)cc3)c2[nH]1. The molecular formula is C19H15BrN2O5. The molecule has 7 nitrogen and oxygen atoms in total. The van der Waals surface area contributed by atoms with Crippen molar-refractivity contribution in [2.45, 2.75) is 0 Å². The molecule has 1 aromatic heterocycles. The lowest BCUT2D eigenvalue weighted by molar-refractivity contribution is 0.0594. The van der Waals surface area contributed by atoms with Crippen LogP contribution < -0.4 is 15.5 Å². The van der Waals surface area contributed by atoms with Gasteiger partial charge in [0.1, 0.15) is 11.4 Å². The first-order valence-corrected chi connectivity index (χ1v) is 8.62. The fourth-order valence-corrected chi connectivity index (χ4v) is 3.03. The van der Waals surface area contributed by atoms with Crippen LogP contribution in [0.4, 0.5) is 5.69 Å². The lowest BCUT2D eigenvalue weighted by Gasteiger charge is -2.11. The van der Waals surface area contributed by atoms with E-state index in [9.17, 15) is 14.4 Å². The highest BCUT2D eigenvalue weighted by Gasteiger charge is 2.15. The predicted octanol–water partition coefficient (Wildman–Crippen LogP) is 3.34. The number of hydrogen-bond acceptors (Lipinski definition) is 5. The Morgan fingerprint density at radius 1 is 1.07 bits per heavy atom. The van der Waals surface area contributed by atoms with Crippen molar-refractivity contribution >= 4 is 44.4 Å². The van der Waals surface area contributed by atoms with Gasteiger partial charge in [0, 0.05) is 21.5 Å². The molecule has 0 atom stereocenters. The Morgan fingerprint density at radius 3 is 2.41 bits per heavy atom. The van der Waals surface area contributed by atoms with Gasteiger partial charge in [0.2, 0.25) is 0 Å². The van der Waals surface area contributed by atoms with Gasteiger partial charge < -0.3 is 19.8 Å². The topological polar surface area (TPSA) is 97.5 Å². The zero-order valence-electron chi connectivity index (χ0n) is 14.5. The van der Waals surface area contributed by atoms with Crippen molar-refractivity contribution in [1.82, 2.24) is 4.98 Å². The van der Waals surface area contributed by atoms with Crippen molar-refractivity contribution in [2.75, 3.05) is 19.5 Å². The number of halogens is 1. The molecule has 0 fully saturated rings. The second-order valence-corrected chi connectivity index (χ2v) is 6.51. The maximum absolute atomic E-state index is 12.6. The Bertz CT molecular complexity index is 1090. The van der Waals surface area contributed by atoms with E-state index in [2.05, 4.69) is 31.0 Å². The first-order valence-electron chi connectivity index (χ1n) is 7.83. The quantitative estimate of drug-likeness (QED) is 0.618. The van der Waals surface area contributed by atoms with Crippen LogP contribution in [0.2, 0.25) is 0 Å². The molecule has 0 aliphatic carbocycles. The number of amides is 1. The number of ether oxygens (including phenoxy) is 2. The van der Waals surface area contributed by atoms with Crippen LogP contribution in [-0.4, -0.2) is 31.1 Å². The van der Waals surface area contributed by atoms with Gasteiger partial charge in [-0.1, -0.05) is 15.9 Å². The number of nitrogens with one attached hydrogen (secondary N) is 2. The number of fused-ring (bicyclic) bond motifs is 1. The number of H-pyrrole nitrogens is 1. The first kappa shape index (κ1) is 18.7. The lowest BCUT2D eigenvalue weighted by atomic mass is 10.1. The number of esters is 1. The summed E-state index contributed by atoms with van der Waals surface area (Å²) in [4.78, 5) is 39.6. The molecule has 8 heteroatoms. The zero-order valence-corrected chi connectivity index (χ0v) is 16.0. The molecule has 0 radical (unpaired) electrons. The Labute approximate surface area is 162 Å². The van der Waals surface area contributed by atoms with Gasteiger partial charge in [-0.25, -0.2) is 4.79 Å². The smallest absolute Gasteiger partial charge is 0.354 e. The number of anilines is 1. The summed E-state index contributed by atoms with van der Waals surface area (Å²) in [6, 6.07) is 11.0. The summed E-state index contributed by atoms with van der Waals surface area (Å²) in [6.07, 6.45) is 0. The van der Waals surface area contributed by atoms with Crippen LogP contribution in [0.25, 0.3) is 10.9 Å². The highest BCUT2D eigenvalue weighted by Crippen LogP contribution is 2.26. The van der Waals surface area contributed by atoms with Crippen LogP contribution in [0.5, 0.6) is 5.75 Å². The van der Waals surface area contributed by atoms with Crippen LogP contribution >= 0.6 is 15.9 Å². The standard InChI is InChI=1S/C19H15BrN2O5/c1-26-12-5-3-10(4-6-12)18(24)22-14-8-11(20)7-13-16(23)9-15(19(25)27-2)21-17(13)14/h3-9H,1-2H3,(H,21,23)(H,22,24). The summed E-state index contributed by atoms with van der Waals surface area (Å²) in [5, 5.41) is 3.08. The van der Waals surface area contributed by atoms with Gasteiger partial charge in [0.05, 0.1) is 25.4 Å². The van der Waals surface area contributed by atoms with Crippen LogP contribution in [0.3, 0.4) is 0 Å². The molecule has 3 aromatic rings. The summed E-state index contributed by atoms with van der Waals surface area (Å²) < 4.78 is 10.3. The largest absolute Gasteiger partial charge is 0.497 e. The molecule has 3 rings (SSSR count). The number of carbonyl (C=O) groups is 2. The average molecular weight is 431 g/mol. The molecule has 0 aliphatic heterocycles. The number of aromatic amines is 1. The van der Waals surface area contributed by atoms with Crippen LogP contribution in [0.1, 0.15) is 20.8 Å². The van der Waals surface area contributed by atoms with E-state index in [4.69, 9.17) is 4.74 Å². The van der Waals surface area contributed by atoms with Crippen LogP contribution in [0.15, 0.2) is 51.7 Å². The number of benzene rings is 2. The fraction of sp³-hybridized carbons (Fsp3) is 0.105. The van der Waals surface area contributed by atoms with E-state index in [1.165, 1.54) is 14.2 Å². The minimum absolute atomic E-state index is 0.00253. The minimum Gasteiger partial charge on any atom is -0.497 e. The third kappa shape index (κ3) is 3.85. The molecule has 0 aliphatic rings. The van der Waals surface area contributed by atoms with Gasteiger partial charge in [0.25, 0.3) is 5.91 Å². The van der Waals surface area contributed by atoms with Crippen molar-refractivity contribution in [3.05, 3.63) is 68.4 Å². The highest BCUT2D eigenvalue weighted by molar-refractivity contribution is 9.10. The monoisotopic (exact) mass is 430 g/mol. The number of aromatic nitrogens is 1. The third-order valence-electron chi connectivity index (χ3n) is 3.91. The van der Waals surface area contributed by atoms with Gasteiger partial charge in [0.15, 0.2) is 5.43 Å². The number of rotatable bonds is 4. The van der Waals surface area contributed by atoms with Crippen molar-refractivity contribution in [1.29, 1.82) is 0 Å². The number of carbonyl (C=O) groups excluding carboxylic acids is 2. The van der Waals surface area contributed by atoms with E-state index >= 15 is 0 Å². The molecule has 2 aromatic carbocycles. The summed E-state index contributed by atoms with van der Waals surface area (Å²) >= 11 is 3.33. The third-order valence-corrected chi connectivity index (χ3v) is 4.37. The van der Waals surface area contributed by atoms with Crippen molar-refractivity contribution < 1.29 is 19.1 Å². The van der Waals surface area contributed by atoms with Crippen molar-refractivity contribution in [2.24, 2.45) is 0 Å². The number of hydrogen-bond donors (Lipinski definition) is 2. The molecule has 0 saturated carbocycles. The van der Waals surface area contributed by atoms with Gasteiger partial charge >= 0.3 is 5.97 Å². The Morgan fingerprint density at radius 2 is 1.78 bits per heavy atom. The van der Waals surface area contributed by atoms with Gasteiger partial charge in [-0.05, 0) is 36.4 Å². The van der Waals surface area contributed by atoms with Gasteiger partial charge in [-0.2, -0.15) is 0 Å². The van der Waals surface area contributed by atoms with E-state index in [1.54, 1.807) is 36.4 Å². The Hall–Kier alpha value is -3.13. The zero-order chi connectivity index (χ0) is 19.6. The minimum atomic E-state index is -0.677. The summed E-state index contributed by atoms with van der Waals surface area (Å²) in [6.45, 7) is 0. The molecule has 1 amide bonds. The molecular weight excluding hydrogens is 416 g/mol. The molecule has 2 N–H and O–H groups in total. The predicted molar refractivity (Wildman–Crippen MR) is 105 cm³/mol. The van der Waals surface area contributed by atoms with E-state index in [1.807, 2.05) is 0 Å². The van der Waals surface area contributed by atoms with Crippen molar-refractivity contribution in [3.8, 4) is 5.75 Å². The average Bonchev–Trinajstić information content (AvgIpc) is 2.67. The molecule has 0 spiro atoms. The Balaban J connectivity index is 2.06. The molecule has 0 unspecified atom stereocenters. The first-order chi connectivity index (χ1) is 12.9. The van der Waals surface area contributed by atoms with Crippen molar-refractivity contribution in [3.63, 3.8) is 0 Å². The van der Waals surface area contributed by atoms with Gasteiger partial charge in [-0.15, -0.1) is 0 Å². The lowest BCUT2D eigenvalue weighted by Crippen LogP contribution is -2.15. The van der Waals surface area contributed by atoms with E-state index < -0.39 is 5.97 Å². The molecule has 27 heavy (non-hydrogen) atoms.